The maximum atomic E-state index is 12.3. The smallest absolute Gasteiger partial charge is 0.264 e. The lowest BCUT2D eigenvalue weighted by Crippen LogP contribution is -2.01. The predicted molar refractivity (Wildman–Crippen MR) is 54.2 cm³/mol. The highest BCUT2D eigenvalue weighted by Crippen LogP contribution is 2.25. The third kappa shape index (κ3) is 3.21. The normalized spacial score (nSPS) is 9.92. The summed E-state index contributed by atoms with van der Waals surface area (Å²) < 4.78 is 25.3. The standard InChI is InChI=1S/C8H8BrF2N.ClH/c9-6-2-1-5(4-12)7(3-6)8(10)11;/h1-3,8H,4,12H2;1H. The van der Waals surface area contributed by atoms with Gasteiger partial charge in [-0.1, -0.05) is 22.0 Å². The van der Waals surface area contributed by atoms with E-state index in [1.807, 2.05) is 0 Å². The van der Waals surface area contributed by atoms with Crippen LogP contribution in [0.25, 0.3) is 0 Å². The third-order valence-electron chi connectivity index (χ3n) is 1.56. The van der Waals surface area contributed by atoms with E-state index in [0.717, 1.165) is 0 Å². The fourth-order valence-corrected chi connectivity index (χ4v) is 1.33. The second kappa shape index (κ2) is 5.52. The van der Waals surface area contributed by atoms with Crippen molar-refractivity contribution in [1.29, 1.82) is 0 Å². The maximum absolute atomic E-state index is 12.3. The lowest BCUT2D eigenvalue weighted by molar-refractivity contribution is 0.150. The highest BCUT2D eigenvalue weighted by atomic mass is 79.9. The van der Waals surface area contributed by atoms with E-state index in [1.165, 1.54) is 6.07 Å². The summed E-state index contributed by atoms with van der Waals surface area (Å²) in [6.45, 7) is 0.146. The largest absolute Gasteiger partial charge is 0.326 e. The fraction of sp³-hybridized carbons (Fsp3) is 0.250. The molecular weight excluding hydrogens is 263 g/mol. The predicted octanol–water partition coefficient (Wildman–Crippen LogP) is 3.27. The molecule has 0 atom stereocenters. The van der Waals surface area contributed by atoms with Crippen LogP contribution in [0.3, 0.4) is 0 Å². The Morgan fingerprint density at radius 1 is 1.38 bits per heavy atom. The van der Waals surface area contributed by atoms with Gasteiger partial charge in [0.2, 0.25) is 0 Å². The van der Waals surface area contributed by atoms with Crippen molar-refractivity contribution >= 4 is 28.3 Å². The minimum absolute atomic E-state index is 0. The van der Waals surface area contributed by atoms with Crippen LogP contribution in [0.2, 0.25) is 0 Å². The average molecular weight is 273 g/mol. The summed E-state index contributed by atoms with van der Waals surface area (Å²) in [5.41, 5.74) is 5.79. The average Bonchev–Trinajstić information content (AvgIpc) is 2.04. The Bertz CT molecular complexity index is 281. The summed E-state index contributed by atoms with van der Waals surface area (Å²) in [6, 6.07) is 4.70. The van der Waals surface area contributed by atoms with Crippen LogP contribution in [-0.4, -0.2) is 0 Å². The van der Waals surface area contributed by atoms with Crippen molar-refractivity contribution in [1.82, 2.24) is 0 Å². The van der Waals surface area contributed by atoms with Crippen molar-refractivity contribution in [2.24, 2.45) is 5.73 Å². The molecule has 1 aromatic rings. The molecule has 0 aliphatic carbocycles. The zero-order chi connectivity index (χ0) is 9.14. The number of benzene rings is 1. The number of alkyl halides is 2. The molecule has 74 valence electrons. The first-order chi connectivity index (χ1) is 5.65. The zero-order valence-corrected chi connectivity index (χ0v) is 9.04. The van der Waals surface area contributed by atoms with E-state index < -0.39 is 6.43 Å². The first-order valence-corrected chi connectivity index (χ1v) is 4.21. The van der Waals surface area contributed by atoms with Crippen LogP contribution in [0.4, 0.5) is 8.78 Å². The van der Waals surface area contributed by atoms with Gasteiger partial charge in [0.25, 0.3) is 6.43 Å². The Balaban J connectivity index is 0.00000144. The van der Waals surface area contributed by atoms with Crippen LogP contribution in [0.15, 0.2) is 22.7 Å². The van der Waals surface area contributed by atoms with Crippen molar-refractivity contribution < 1.29 is 8.78 Å². The van der Waals surface area contributed by atoms with Crippen LogP contribution < -0.4 is 5.73 Å². The molecule has 0 radical (unpaired) electrons. The maximum Gasteiger partial charge on any atom is 0.264 e. The zero-order valence-electron chi connectivity index (χ0n) is 6.64. The van der Waals surface area contributed by atoms with Gasteiger partial charge in [-0.15, -0.1) is 12.4 Å². The number of halogens is 4. The Hall–Kier alpha value is -0.190. The molecule has 1 aromatic carbocycles. The third-order valence-corrected chi connectivity index (χ3v) is 2.06. The lowest BCUT2D eigenvalue weighted by atomic mass is 10.1. The Kier molecular flexibility index (Phi) is 5.44. The summed E-state index contributed by atoms with van der Waals surface area (Å²) in [4.78, 5) is 0. The van der Waals surface area contributed by atoms with E-state index in [4.69, 9.17) is 5.73 Å². The van der Waals surface area contributed by atoms with Crippen LogP contribution >= 0.6 is 28.3 Å². The molecule has 0 bridgehead atoms. The molecule has 0 aliphatic heterocycles. The van der Waals surface area contributed by atoms with E-state index >= 15 is 0 Å². The van der Waals surface area contributed by atoms with Crippen molar-refractivity contribution in [3.63, 3.8) is 0 Å². The molecule has 0 aromatic heterocycles. The number of rotatable bonds is 2. The molecule has 13 heavy (non-hydrogen) atoms. The lowest BCUT2D eigenvalue weighted by Gasteiger charge is -2.06. The van der Waals surface area contributed by atoms with Gasteiger partial charge in [0.05, 0.1) is 0 Å². The molecule has 1 rings (SSSR count). The second-order valence-corrected chi connectivity index (χ2v) is 3.26. The molecule has 5 heteroatoms. The van der Waals surface area contributed by atoms with Gasteiger partial charge >= 0.3 is 0 Å². The molecule has 0 fully saturated rings. The summed E-state index contributed by atoms with van der Waals surface area (Å²) in [7, 11) is 0. The first kappa shape index (κ1) is 12.8. The minimum Gasteiger partial charge on any atom is -0.326 e. The highest BCUT2D eigenvalue weighted by Gasteiger charge is 2.11. The molecule has 0 unspecified atom stereocenters. The van der Waals surface area contributed by atoms with E-state index in [2.05, 4.69) is 15.9 Å². The Morgan fingerprint density at radius 3 is 2.46 bits per heavy atom. The van der Waals surface area contributed by atoms with Crippen LogP contribution in [0.5, 0.6) is 0 Å². The minimum atomic E-state index is -2.46. The molecule has 0 amide bonds. The molecular formula is C8H9BrClF2N. The summed E-state index contributed by atoms with van der Waals surface area (Å²) in [5, 5.41) is 0. The van der Waals surface area contributed by atoms with Gasteiger partial charge in [-0.05, 0) is 17.7 Å². The first-order valence-electron chi connectivity index (χ1n) is 3.41. The van der Waals surface area contributed by atoms with Gasteiger partial charge in [0.15, 0.2) is 0 Å². The van der Waals surface area contributed by atoms with Crippen molar-refractivity contribution in [2.45, 2.75) is 13.0 Å². The summed E-state index contributed by atoms with van der Waals surface area (Å²) >= 11 is 3.12. The molecule has 0 heterocycles. The molecule has 0 saturated heterocycles. The second-order valence-electron chi connectivity index (χ2n) is 2.35. The van der Waals surface area contributed by atoms with E-state index in [9.17, 15) is 8.78 Å². The van der Waals surface area contributed by atoms with Crippen LogP contribution in [-0.2, 0) is 6.54 Å². The van der Waals surface area contributed by atoms with Gasteiger partial charge in [0, 0.05) is 16.6 Å². The van der Waals surface area contributed by atoms with Crippen molar-refractivity contribution in [3.05, 3.63) is 33.8 Å². The quantitative estimate of drug-likeness (QED) is 0.878. The summed E-state index contributed by atoms with van der Waals surface area (Å²) in [6.07, 6.45) is -2.46. The van der Waals surface area contributed by atoms with Gasteiger partial charge in [-0.25, -0.2) is 8.78 Å². The highest BCUT2D eigenvalue weighted by molar-refractivity contribution is 9.10. The SMILES string of the molecule is Cl.NCc1ccc(Br)cc1C(F)F. The topological polar surface area (TPSA) is 26.0 Å². The molecule has 0 spiro atoms. The molecule has 2 N–H and O–H groups in total. The van der Waals surface area contributed by atoms with Crippen LogP contribution in [0.1, 0.15) is 17.6 Å². The van der Waals surface area contributed by atoms with E-state index in [0.29, 0.717) is 10.0 Å². The number of nitrogens with two attached hydrogens (primary N) is 1. The molecule has 0 aliphatic rings. The van der Waals surface area contributed by atoms with E-state index in [1.54, 1.807) is 12.1 Å². The fourth-order valence-electron chi connectivity index (χ4n) is 0.955. The molecule has 0 saturated carbocycles. The van der Waals surface area contributed by atoms with E-state index in [-0.39, 0.29) is 24.5 Å². The van der Waals surface area contributed by atoms with Crippen molar-refractivity contribution in [2.75, 3.05) is 0 Å². The molecule has 1 nitrogen and oxygen atoms in total. The van der Waals surface area contributed by atoms with Gasteiger partial charge in [-0.3, -0.25) is 0 Å². The number of hydrogen-bond donors (Lipinski definition) is 1. The van der Waals surface area contributed by atoms with Gasteiger partial charge in [-0.2, -0.15) is 0 Å². The van der Waals surface area contributed by atoms with Gasteiger partial charge < -0.3 is 5.73 Å². The van der Waals surface area contributed by atoms with Crippen molar-refractivity contribution in [3.8, 4) is 0 Å². The Labute approximate surface area is 89.9 Å². The summed E-state index contributed by atoms with van der Waals surface area (Å²) in [5.74, 6) is 0. The van der Waals surface area contributed by atoms with Gasteiger partial charge in [0.1, 0.15) is 0 Å². The van der Waals surface area contributed by atoms with Crippen LogP contribution in [0, 0.1) is 0 Å². The number of hydrogen-bond acceptors (Lipinski definition) is 1. The monoisotopic (exact) mass is 271 g/mol. The Morgan fingerprint density at radius 2 is 2.00 bits per heavy atom.